The summed E-state index contributed by atoms with van der Waals surface area (Å²) in [5.41, 5.74) is -1.58. The van der Waals surface area contributed by atoms with Crippen LogP contribution in [0.15, 0.2) is 42.9 Å². The first-order valence-corrected chi connectivity index (χ1v) is 19.3. The molecule has 3 heterocycles. The Morgan fingerprint density at radius 2 is 1.79 bits per heavy atom. The Balaban J connectivity index is 1.50. The van der Waals surface area contributed by atoms with Gasteiger partial charge in [0.2, 0.25) is 0 Å². The highest BCUT2D eigenvalue weighted by atomic mass is 32.1. The molecule has 2 aromatic heterocycles. The normalized spacial score (nSPS) is 19.8. The van der Waals surface area contributed by atoms with E-state index in [2.05, 4.69) is 51.7 Å². The molecule has 2 aromatic carbocycles. The molecule has 0 amide bonds. The van der Waals surface area contributed by atoms with Crippen molar-refractivity contribution in [3.8, 4) is 11.5 Å². The number of anilines is 3. The number of rotatable bonds is 13. The molecule has 0 saturated carbocycles. The van der Waals surface area contributed by atoms with Gasteiger partial charge >= 0.3 is 7.82 Å². The van der Waals surface area contributed by atoms with Crippen LogP contribution < -0.4 is 25.4 Å². The number of nitrogens with zero attached hydrogens (tertiary/aromatic N) is 4. The zero-order valence-corrected chi connectivity index (χ0v) is 32.5. The second-order valence-electron chi connectivity index (χ2n) is 14.9. The summed E-state index contributed by atoms with van der Waals surface area (Å²) >= 11 is 1.15. The van der Waals surface area contributed by atoms with Gasteiger partial charge in [-0.05, 0) is 35.4 Å². The fourth-order valence-corrected chi connectivity index (χ4v) is 8.56. The molecule has 5 N–H and O–H groups in total. The van der Waals surface area contributed by atoms with Crippen LogP contribution in [0.1, 0.15) is 65.8 Å². The molecule has 18 heteroatoms. The van der Waals surface area contributed by atoms with Crippen molar-refractivity contribution in [2.24, 2.45) is 10.8 Å². The molecule has 1 saturated heterocycles. The maximum absolute atomic E-state index is 13.7. The minimum atomic E-state index is -4.96. The number of methoxy groups -OCH3 is 1. The van der Waals surface area contributed by atoms with E-state index in [1.54, 1.807) is 12.1 Å². The van der Waals surface area contributed by atoms with Gasteiger partial charge in [-0.2, -0.15) is 9.69 Å². The number of hydrogen-bond donors (Lipinski definition) is 5. The van der Waals surface area contributed by atoms with Gasteiger partial charge in [0.25, 0.3) is 0 Å². The molecule has 4 atom stereocenters. The largest absolute Gasteiger partial charge is 0.493 e. The average molecular weight is 778 g/mol. The Kier molecular flexibility index (Phi) is 11.8. The summed E-state index contributed by atoms with van der Waals surface area (Å²) in [5, 5.41) is 12.0. The predicted octanol–water partition coefficient (Wildman–Crippen LogP) is 6.76. The van der Waals surface area contributed by atoms with Crippen LogP contribution in [0.4, 0.5) is 25.4 Å². The second kappa shape index (κ2) is 15.5. The number of nitrogens with one attached hydrogen (secondary N) is 3. The number of hydroxylamine groups is 2. The number of phosphoric acid groups is 1. The first kappa shape index (κ1) is 40.4. The third-order valence-corrected chi connectivity index (χ3v) is 10.6. The first-order chi connectivity index (χ1) is 24.8. The van der Waals surface area contributed by atoms with Crippen molar-refractivity contribution in [3.63, 3.8) is 0 Å². The number of ether oxygens (including phenoxy) is 2. The highest BCUT2D eigenvalue weighted by Gasteiger charge is 2.64. The fraction of sp³-hybridized carbons (Fsp3) is 0.486. The summed E-state index contributed by atoms with van der Waals surface area (Å²) in [7, 11) is -3.46. The van der Waals surface area contributed by atoms with Crippen molar-refractivity contribution in [2.45, 2.75) is 78.6 Å². The second-order valence-corrected chi connectivity index (χ2v) is 17.1. The van der Waals surface area contributed by atoms with Gasteiger partial charge in [0.15, 0.2) is 16.6 Å². The lowest BCUT2D eigenvalue weighted by Gasteiger charge is -2.63. The van der Waals surface area contributed by atoms with Crippen LogP contribution in [0, 0.1) is 22.5 Å². The predicted molar refractivity (Wildman–Crippen MR) is 198 cm³/mol. The van der Waals surface area contributed by atoms with Crippen molar-refractivity contribution < 1.29 is 42.0 Å². The zero-order valence-electron chi connectivity index (χ0n) is 30.8. The molecule has 0 spiro atoms. The smallest absolute Gasteiger partial charge is 0.486 e. The lowest BCUT2D eigenvalue weighted by molar-refractivity contribution is -0.261. The summed E-state index contributed by atoms with van der Waals surface area (Å²) in [6.45, 7) is 14.8. The van der Waals surface area contributed by atoms with Gasteiger partial charge in [0.05, 0.1) is 17.5 Å². The van der Waals surface area contributed by atoms with E-state index in [4.69, 9.17) is 14.1 Å². The number of aldehydes is 1. The van der Waals surface area contributed by atoms with Crippen LogP contribution in [-0.4, -0.2) is 74.0 Å². The van der Waals surface area contributed by atoms with E-state index in [1.807, 2.05) is 27.7 Å². The molecule has 1 aliphatic heterocycles. The standard InChI is InChI=1S/C35H46F2N7O7PS/c1-9-29(35(34(5,6)7)31(33(2,3)4)38-10-11-44(35)51-52(46,47)48)50-27-16-24-23(15-26(27)49-8)30(41-19-40-24)43-32-39-17-28(53-32)25(18-45)42-22-13-20(36)12-21(37)14-22/h12-19,25,29,31,38,42H,9-11H2,1-8H3,(H2,46,47,48)(H,39,40,41,43). The summed E-state index contributed by atoms with van der Waals surface area (Å²) in [4.78, 5) is 45.8. The van der Waals surface area contributed by atoms with E-state index in [0.717, 1.165) is 29.5 Å². The van der Waals surface area contributed by atoms with Gasteiger partial charge in [-0.25, -0.2) is 28.3 Å². The monoisotopic (exact) mass is 777 g/mol. The minimum Gasteiger partial charge on any atom is -0.493 e. The molecule has 0 bridgehead atoms. The molecule has 4 unspecified atom stereocenters. The Bertz CT molecular complexity index is 1970. The van der Waals surface area contributed by atoms with Gasteiger partial charge in [-0.15, -0.1) is 0 Å². The molecular weight excluding hydrogens is 731 g/mol. The number of halogens is 2. The van der Waals surface area contributed by atoms with Crippen molar-refractivity contribution >= 4 is 53.0 Å². The van der Waals surface area contributed by atoms with E-state index in [-0.39, 0.29) is 18.3 Å². The Labute approximate surface area is 310 Å². The van der Waals surface area contributed by atoms with E-state index >= 15 is 0 Å². The summed E-state index contributed by atoms with van der Waals surface area (Å²) in [5.74, 6) is -0.479. The highest BCUT2D eigenvalue weighted by molar-refractivity contribution is 7.46. The van der Waals surface area contributed by atoms with Gasteiger partial charge in [0, 0.05) is 48.5 Å². The zero-order chi connectivity index (χ0) is 38.9. The Morgan fingerprint density at radius 3 is 2.38 bits per heavy atom. The third-order valence-electron chi connectivity index (χ3n) is 9.22. The number of aromatic nitrogens is 3. The van der Waals surface area contributed by atoms with Crippen LogP contribution in [-0.2, 0) is 14.0 Å². The van der Waals surface area contributed by atoms with E-state index in [9.17, 15) is 27.9 Å². The molecule has 0 radical (unpaired) electrons. The van der Waals surface area contributed by atoms with Crippen LogP contribution >= 0.6 is 19.2 Å². The molecule has 1 aliphatic rings. The van der Waals surface area contributed by atoms with Crippen LogP contribution in [0.2, 0.25) is 0 Å². The molecule has 4 aromatic rings. The number of benzene rings is 2. The number of thiazole rings is 1. The minimum absolute atomic E-state index is 0.101. The molecule has 0 aliphatic carbocycles. The van der Waals surface area contributed by atoms with Crippen LogP contribution in [0.25, 0.3) is 10.9 Å². The average Bonchev–Trinajstić information content (AvgIpc) is 3.52. The van der Waals surface area contributed by atoms with Gasteiger partial charge in [-0.3, -0.25) is 0 Å². The number of piperazine rings is 1. The molecular formula is C35H46F2N7O7PS. The number of carbonyl (C=O) groups is 1. The highest BCUT2D eigenvalue weighted by Crippen LogP contribution is 2.53. The summed E-state index contributed by atoms with van der Waals surface area (Å²) in [6, 6.07) is 5.08. The maximum Gasteiger partial charge on any atom is 0.486 e. The number of hydrogen-bond acceptors (Lipinski definition) is 13. The molecule has 53 heavy (non-hydrogen) atoms. The Hall–Kier alpha value is -3.83. The van der Waals surface area contributed by atoms with Crippen molar-refractivity contribution in [1.82, 2.24) is 25.3 Å². The first-order valence-electron chi connectivity index (χ1n) is 17.0. The maximum atomic E-state index is 13.7. The SMILES string of the molecule is CCC(Oc1cc2ncnc(Nc3ncc(C(C=O)Nc4cc(F)cc(F)c4)s3)c2cc1OC)C1(C(C)(C)C)C(C(C)(C)C)NCCN1OP(=O)(O)O. The van der Waals surface area contributed by atoms with Crippen molar-refractivity contribution in [1.29, 1.82) is 0 Å². The number of carbonyl (C=O) groups excluding carboxylic acids is 1. The van der Waals surface area contributed by atoms with Crippen molar-refractivity contribution in [2.75, 3.05) is 30.8 Å². The van der Waals surface area contributed by atoms with Gasteiger partial charge < -0.3 is 40.0 Å². The van der Waals surface area contributed by atoms with Crippen molar-refractivity contribution in [3.05, 3.63) is 59.4 Å². The van der Waals surface area contributed by atoms with Gasteiger partial charge in [0.1, 0.15) is 47.8 Å². The lowest BCUT2D eigenvalue weighted by atomic mass is 9.58. The molecule has 1 fully saturated rings. The summed E-state index contributed by atoms with van der Waals surface area (Å²) in [6.07, 6.45) is 3.21. The third kappa shape index (κ3) is 8.62. The lowest BCUT2D eigenvalue weighted by Crippen LogP contribution is -2.79. The summed E-state index contributed by atoms with van der Waals surface area (Å²) < 4.78 is 58.1. The molecule has 288 valence electrons. The van der Waals surface area contributed by atoms with E-state index < -0.39 is 48.0 Å². The quantitative estimate of drug-likeness (QED) is 0.0710. The number of fused-ring (bicyclic) bond motifs is 1. The molecule has 14 nitrogen and oxygen atoms in total. The van der Waals surface area contributed by atoms with Crippen LogP contribution in [0.5, 0.6) is 11.5 Å². The van der Waals surface area contributed by atoms with E-state index in [1.165, 1.54) is 24.7 Å². The Morgan fingerprint density at radius 1 is 1.09 bits per heavy atom. The fourth-order valence-electron chi connectivity index (χ4n) is 7.27. The van der Waals surface area contributed by atoms with Gasteiger partial charge in [-0.1, -0.05) is 59.8 Å². The topological polar surface area (TPSA) is 180 Å². The molecule has 5 rings (SSSR count). The van der Waals surface area contributed by atoms with Crippen LogP contribution in [0.3, 0.4) is 0 Å². The van der Waals surface area contributed by atoms with E-state index in [0.29, 0.717) is 57.5 Å².